The molecule has 0 aromatic rings. The van der Waals surface area contributed by atoms with E-state index in [1.54, 1.807) is 0 Å². The Bertz CT molecular complexity index is 227. The molecule has 1 aliphatic carbocycles. The molecule has 3 nitrogen and oxygen atoms in total. The van der Waals surface area contributed by atoms with Gasteiger partial charge in [-0.2, -0.15) is 0 Å². The third-order valence-corrected chi connectivity index (χ3v) is 3.21. The van der Waals surface area contributed by atoms with Crippen LogP contribution in [-0.2, 0) is 0 Å². The Balaban J connectivity index is 2.07. The van der Waals surface area contributed by atoms with Gasteiger partial charge in [-0.3, -0.25) is 0 Å². The van der Waals surface area contributed by atoms with Crippen LogP contribution in [0.25, 0.3) is 0 Å². The molecule has 2 N–H and O–H groups in total. The molecule has 0 saturated heterocycles. The topological polar surface area (TPSA) is 41.1 Å². The average molecular weight is 226 g/mol. The zero-order valence-corrected chi connectivity index (χ0v) is 11.1. The molecule has 1 aliphatic rings. The standard InChI is InChI=1S/C13H26N2O/c1-5-14-12(16)15-11-8-10(9-11)6-7-13(2,3)4/h10-11H,5-9H2,1-4H3,(H2,14,15,16)/t10-,11+. The van der Waals surface area contributed by atoms with E-state index < -0.39 is 0 Å². The van der Waals surface area contributed by atoms with E-state index in [0.29, 0.717) is 18.0 Å². The highest BCUT2D eigenvalue weighted by atomic mass is 16.2. The number of rotatable bonds is 4. The van der Waals surface area contributed by atoms with Gasteiger partial charge in [0.25, 0.3) is 0 Å². The Morgan fingerprint density at radius 1 is 1.31 bits per heavy atom. The van der Waals surface area contributed by atoms with Gasteiger partial charge in [-0.05, 0) is 43.9 Å². The molecule has 0 unspecified atom stereocenters. The Morgan fingerprint density at radius 2 is 1.94 bits per heavy atom. The van der Waals surface area contributed by atoms with E-state index in [4.69, 9.17) is 0 Å². The predicted molar refractivity (Wildman–Crippen MR) is 67.4 cm³/mol. The molecule has 0 radical (unpaired) electrons. The maximum atomic E-state index is 11.2. The predicted octanol–water partition coefficient (Wildman–Crippen LogP) is 2.91. The summed E-state index contributed by atoms with van der Waals surface area (Å²) in [6.45, 7) is 9.50. The van der Waals surface area contributed by atoms with Crippen LogP contribution in [-0.4, -0.2) is 18.6 Å². The van der Waals surface area contributed by atoms with Gasteiger partial charge in [-0.15, -0.1) is 0 Å². The van der Waals surface area contributed by atoms with Crippen LogP contribution in [0.3, 0.4) is 0 Å². The third kappa shape index (κ3) is 4.86. The molecule has 94 valence electrons. The van der Waals surface area contributed by atoms with Crippen molar-refractivity contribution in [2.45, 2.75) is 59.4 Å². The maximum absolute atomic E-state index is 11.2. The van der Waals surface area contributed by atoms with E-state index in [1.807, 2.05) is 6.92 Å². The van der Waals surface area contributed by atoms with Crippen LogP contribution < -0.4 is 10.6 Å². The minimum Gasteiger partial charge on any atom is -0.338 e. The van der Waals surface area contributed by atoms with E-state index in [1.165, 1.54) is 12.8 Å². The second-order valence-corrected chi connectivity index (χ2v) is 6.14. The number of hydrogen-bond donors (Lipinski definition) is 2. The van der Waals surface area contributed by atoms with Gasteiger partial charge in [-0.1, -0.05) is 20.8 Å². The van der Waals surface area contributed by atoms with E-state index >= 15 is 0 Å². The van der Waals surface area contributed by atoms with Crippen molar-refractivity contribution in [2.24, 2.45) is 11.3 Å². The summed E-state index contributed by atoms with van der Waals surface area (Å²) in [5.74, 6) is 0.825. The zero-order chi connectivity index (χ0) is 12.2. The minimum atomic E-state index is -0.0122. The molecule has 1 fully saturated rings. The molecule has 0 aromatic carbocycles. The van der Waals surface area contributed by atoms with Crippen LogP contribution in [0, 0.1) is 11.3 Å². The van der Waals surface area contributed by atoms with E-state index in [-0.39, 0.29) is 6.03 Å². The first-order chi connectivity index (χ1) is 7.40. The van der Waals surface area contributed by atoms with Gasteiger partial charge in [0.1, 0.15) is 0 Å². The lowest BCUT2D eigenvalue weighted by molar-refractivity contribution is 0.181. The van der Waals surface area contributed by atoms with Gasteiger partial charge in [0.15, 0.2) is 0 Å². The molecule has 0 aliphatic heterocycles. The molecule has 0 spiro atoms. The van der Waals surface area contributed by atoms with Crippen LogP contribution in [0.1, 0.15) is 53.4 Å². The monoisotopic (exact) mass is 226 g/mol. The minimum absolute atomic E-state index is 0.0122. The highest BCUT2D eigenvalue weighted by Crippen LogP contribution is 2.34. The van der Waals surface area contributed by atoms with Crippen LogP contribution in [0.15, 0.2) is 0 Å². The van der Waals surface area contributed by atoms with Crippen molar-refractivity contribution in [1.82, 2.24) is 10.6 Å². The fourth-order valence-corrected chi connectivity index (χ4v) is 2.12. The van der Waals surface area contributed by atoms with Crippen molar-refractivity contribution in [2.75, 3.05) is 6.54 Å². The van der Waals surface area contributed by atoms with Crippen molar-refractivity contribution in [3.63, 3.8) is 0 Å². The smallest absolute Gasteiger partial charge is 0.314 e. The van der Waals surface area contributed by atoms with Crippen molar-refractivity contribution in [3.05, 3.63) is 0 Å². The molecule has 1 rings (SSSR count). The fourth-order valence-electron chi connectivity index (χ4n) is 2.12. The first-order valence-electron chi connectivity index (χ1n) is 6.45. The maximum Gasteiger partial charge on any atom is 0.314 e. The van der Waals surface area contributed by atoms with Crippen molar-refractivity contribution in [3.8, 4) is 0 Å². The van der Waals surface area contributed by atoms with Crippen LogP contribution >= 0.6 is 0 Å². The summed E-state index contributed by atoms with van der Waals surface area (Å²) in [7, 11) is 0. The average Bonchev–Trinajstić information content (AvgIpc) is 2.07. The van der Waals surface area contributed by atoms with E-state index in [2.05, 4.69) is 31.4 Å². The Labute approximate surface area is 99.4 Å². The Morgan fingerprint density at radius 3 is 2.44 bits per heavy atom. The number of hydrogen-bond acceptors (Lipinski definition) is 1. The lowest BCUT2D eigenvalue weighted by atomic mass is 9.74. The highest BCUT2D eigenvalue weighted by Gasteiger charge is 2.30. The molecule has 1 saturated carbocycles. The molecule has 0 aromatic heterocycles. The second kappa shape index (κ2) is 5.55. The number of carbonyl (C=O) groups excluding carboxylic acids is 1. The van der Waals surface area contributed by atoms with Gasteiger partial charge in [0.05, 0.1) is 0 Å². The summed E-state index contributed by atoms with van der Waals surface area (Å²) in [5, 5.41) is 5.76. The van der Waals surface area contributed by atoms with Gasteiger partial charge in [0, 0.05) is 12.6 Å². The summed E-state index contributed by atoms with van der Waals surface area (Å²) in [6, 6.07) is 0.401. The summed E-state index contributed by atoms with van der Waals surface area (Å²) in [6.07, 6.45) is 4.91. The van der Waals surface area contributed by atoms with Crippen molar-refractivity contribution in [1.29, 1.82) is 0 Å². The molecular formula is C13H26N2O. The SMILES string of the molecule is CCNC(=O)N[C@H]1C[C@@H](CCC(C)(C)C)C1. The number of nitrogens with one attached hydrogen (secondary N) is 2. The van der Waals surface area contributed by atoms with Crippen LogP contribution in [0.2, 0.25) is 0 Å². The lowest BCUT2D eigenvalue weighted by Gasteiger charge is -2.37. The van der Waals surface area contributed by atoms with Gasteiger partial charge in [0.2, 0.25) is 0 Å². The molecule has 0 bridgehead atoms. The second-order valence-electron chi connectivity index (χ2n) is 6.14. The first-order valence-corrected chi connectivity index (χ1v) is 6.45. The largest absolute Gasteiger partial charge is 0.338 e. The normalized spacial score (nSPS) is 24.8. The molecular weight excluding hydrogens is 200 g/mol. The lowest BCUT2D eigenvalue weighted by Crippen LogP contribution is -2.48. The highest BCUT2D eigenvalue weighted by molar-refractivity contribution is 5.74. The first kappa shape index (κ1) is 13.3. The van der Waals surface area contributed by atoms with Gasteiger partial charge >= 0.3 is 6.03 Å². The van der Waals surface area contributed by atoms with Crippen LogP contribution in [0.5, 0.6) is 0 Å². The summed E-state index contributed by atoms with van der Waals surface area (Å²) in [4.78, 5) is 11.2. The molecule has 0 atom stereocenters. The summed E-state index contributed by atoms with van der Waals surface area (Å²) >= 11 is 0. The quantitative estimate of drug-likeness (QED) is 0.760. The third-order valence-electron chi connectivity index (χ3n) is 3.21. The van der Waals surface area contributed by atoms with E-state index in [9.17, 15) is 4.79 Å². The number of carbonyl (C=O) groups is 1. The summed E-state index contributed by atoms with van der Waals surface area (Å²) < 4.78 is 0. The van der Waals surface area contributed by atoms with Crippen molar-refractivity contribution < 1.29 is 4.79 Å². The molecule has 0 heterocycles. The van der Waals surface area contributed by atoms with E-state index in [0.717, 1.165) is 18.8 Å². The Hall–Kier alpha value is -0.730. The molecule has 3 heteroatoms. The molecule has 2 amide bonds. The number of amides is 2. The number of urea groups is 1. The molecule has 16 heavy (non-hydrogen) atoms. The van der Waals surface area contributed by atoms with Crippen molar-refractivity contribution >= 4 is 6.03 Å². The Kier molecular flexibility index (Phi) is 4.63. The fraction of sp³-hybridized carbons (Fsp3) is 0.923. The summed E-state index contributed by atoms with van der Waals surface area (Å²) in [5.41, 5.74) is 0.443. The zero-order valence-electron chi connectivity index (χ0n) is 11.1. The van der Waals surface area contributed by atoms with Crippen LogP contribution in [0.4, 0.5) is 4.79 Å². The van der Waals surface area contributed by atoms with Gasteiger partial charge in [-0.25, -0.2) is 4.79 Å². The van der Waals surface area contributed by atoms with Gasteiger partial charge < -0.3 is 10.6 Å².